The Bertz CT molecular complexity index is 674. The van der Waals surface area contributed by atoms with E-state index in [0.29, 0.717) is 17.5 Å². The molecule has 18 heavy (non-hydrogen) atoms. The second-order valence-electron chi connectivity index (χ2n) is 3.44. The second-order valence-corrected chi connectivity index (χ2v) is 3.78. The van der Waals surface area contributed by atoms with Crippen LogP contribution in [0, 0.1) is 0 Å². The monoisotopic (exact) mass is 262 g/mol. The summed E-state index contributed by atoms with van der Waals surface area (Å²) in [5, 5.41) is 7.69. The number of aryl methyl sites for hydroxylation is 1. The standard InChI is InChI=1S/C9H7ClN8/c1-17-6(4-12-16-17)7-13-8(10)15-9(14-7)18-3-2-11-5-18/h2-5H,1H3. The maximum Gasteiger partial charge on any atom is 0.239 e. The van der Waals surface area contributed by atoms with Gasteiger partial charge in [0.25, 0.3) is 0 Å². The van der Waals surface area contributed by atoms with Crippen LogP contribution in [0.4, 0.5) is 0 Å². The van der Waals surface area contributed by atoms with E-state index < -0.39 is 0 Å². The minimum absolute atomic E-state index is 0.102. The summed E-state index contributed by atoms with van der Waals surface area (Å²) < 4.78 is 3.20. The van der Waals surface area contributed by atoms with Crippen LogP contribution in [0.15, 0.2) is 24.9 Å². The Morgan fingerprint density at radius 3 is 2.78 bits per heavy atom. The molecule has 0 saturated carbocycles. The van der Waals surface area contributed by atoms with E-state index in [2.05, 4.69) is 30.2 Å². The quantitative estimate of drug-likeness (QED) is 0.669. The van der Waals surface area contributed by atoms with Crippen molar-refractivity contribution in [3.8, 4) is 17.5 Å². The normalized spacial score (nSPS) is 10.8. The molecule has 90 valence electrons. The van der Waals surface area contributed by atoms with Crippen molar-refractivity contribution in [1.29, 1.82) is 0 Å². The molecule has 0 N–H and O–H groups in total. The molecule has 0 bridgehead atoms. The first-order chi connectivity index (χ1) is 8.74. The predicted molar refractivity (Wildman–Crippen MR) is 62.0 cm³/mol. The zero-order chi connectivity index (χ0) is 12.5. The highest BCUT2D eigenvalue weighted by atomic mass is 35.5. The fourth-order valence-corrected chi connectivity index (χ4v) is 1.59. The second kappa shape index (κ2) is 4.15. The Labute approximate surface area is 106 Å². The van der Waals surface area contributed by atoms with E-state index in [4.69, 9.17) is 11.6 Å². The summed E-state index contributed by atoms with van der Waals surface area (Å²) in [6, 6.07) is 0. The summed E-state index contributed by atoms with van der Waals surface area (Å²) >= 11 is 5.89. The van der Waals surface area contributed by atoms with Crippen molar-refractivity contribution in [2.45, 2.75) is 0 Å². The van der Waals surface area contributed by atoms with Crippen molar-refractivity contribution in [2.75, 3.05) is 0 Å². The number of aromatic nitrogens is 8. The fraction of sp³-hybridized carbons (Fsp3) is 0.111. The Kier molecular flexibility index (Phi) is 2.49. The van der Waals surface area contributed by atoms with E-state index in [1.54, 1.807) is 41.2 Å². The van der Waals surface area contributed by atoms with Crippen molar-refractivity contribution in [2.24, 2.45) is 7.05 Å². The van der Waals surface area contributed by atoms with Gasteiger partial charge in [-0.3, -0.25) is 4.57 Å². The van der Waals surface area contributed by atoms with E-state index in [9.17, 15) is 0 Å². The summed E-state index contributed by atoms with van der Waals surface area (Å²) in [6.45, 7) is 0. The average molecular weight is 263 g/mol. The Morgan fingerprint density at radius 1 is 1.22 bits per heavy atom. The molecule has 0 unspecified atom stereocenters. The van der Waals surface area contributed by atoms with E-state index >= 15 is 0 Å². The number of hydrogen-bond acceptors (Lipinski definition) is 6. The number of halogens is 1. The minimum Gasteiger partial charge on any atom is -0.274 e. The highest BCUT2D eigenvalue weighted by Gasteiger charge is 2.11. The molecule has 3 aromatic rings. The van der Waals surface area contributed by atoms with Crippen LogP contribution in [0.1, 0.15) is 0 Å². The molecule has 0 radical (unpaired) electrons. The molecule has 0 saturated heterocycles. The third kappa shape index (κ3) is 1.82. The minimum atomic E-state index is 0.102. The molecular weight excluding hydrogens is 256 g/mol. The summed E-state index contributed by atoms with van der Waals surface area (Å²) in [5.74, 6) is 0.801. The summed E-state index contributed by atoms with van der Waals surface area (Å²) in [7, 11) is 1.75. The molecule has 0 aliphatic carbocycles. The van der Waals surface area contributed by atoms with Gasteiger partial charge in [0, 0.05) is 19.4 Å². The predicted octanol–water partition coefficient (Wildman–Crippen LogP) is 0.506. The fourth-order valence-electron chi connectivity index (χ4n) is 1.44. The van der Waals surface area contributed by atoms with Gasteiger partial charge >= 0.3 is 0 Å². The number of imidazole rings is 1. The van der Waals surface area contributed by atoms with Gasteiger partial charge in [-0.1, -0.05) is 5.21 Å². The van der Waals surface area contributed by atoms with E-state index in [1.807, 2.05) is 0 Å². The van der Waals surface area contributed by atoms with Gasteiger partial charge in [-0.25, -0.2) is 9.67 Å². The number of rotatable bonds is 2. The highest BCUT2D eigenvalue weighted by molar-refractivity contribution is 6.28. The lowest BCUT2D eigenvalue weighted by Crippen LogP contribution is -2.05. The van der Waals surface area contributed by atoms with Crippen molar-refractivity contribution in [3.05, 3.63) is 30.2 Å². The molecule has 0 aliphatic heterocycles. The van der Waals surface area contributed by atoms with Gasteiger partial charge in [-0.2, -0.15) is 15.0 Å². The molecule has 8 nitrogen and oxygen atoms in total. The first kappa shape index (κ1) is 10.8. The average Bonchev–Trinajstić information content (AvgIpc) is 2.98. The van der Waals surface area contributed by atoms with Crippen LogP contribution in [-0.2, 0) is 7.05 Å². The Balaban J connectivity index is 2.15. The van der Waals surface area contributed by atoms with Crippen molar-refractivity contribution in [3.63, 3.8) is 0 Å². The van der Waals surface area contributed by atoms with Crippen LogP contribution in [0.2, 0.25) is 5.28 Å². The highest BCUT2D eigenvalue weighted by Crippen LogP contribution is 2.15. The number of nitrogens with zero attached hydrogens (tertiary/aromatic N) is 8. The van der Waals surface area contributed by atoms with Crippen molar-refractivity contribution < 1.29 is 0 Å². The topological polar surface area (TPSA) is 87.2 Å². The molecule has 3 heterocycles. The van der Waals surface area contributed by atoms with Crippen LogP contribution in [0.3, 0.4) is 0 Å². The molecule has 0 aliphatic rings. The van der Waals surface area contributed by atoms with Gasteiger partial charge in [0.1, 0.15) is 12.0 Å². The van der Waals surface area contributed by atoms with Crippen LogP contribution in [0.5, 0.6) is 0 Å². The summed E-state index contributed by atoms with van der Waals surface area (Å²) in [6.07, 6.45) is 6.49. The van der Waals surface area contributed by atoms with Crippen LogP contribution < -0.4 is 0 Å². The first-order valence-electron chi connectivity index (χ1n) is 4.99. The van der Waals surface area contributed by atoms with Crippen molar-refractivity contribution in [1.82, 2.24) is 39.5 Å². The molecule has 0 atom stereocenters. The molecule has 0 fully saturated rings. The van der Waals surface area contributed by atoms with Gasteiger partial charge in [0.15, 0.2) is 5.82 Å². The van der Waals surface area contributed by atoms with Crippen molar-refractivity contribution >= 4 is 11.6 Å². The molecule has 3 rings (SSSR count). The summed E-state index contributed by atoms with van der Waals surface area (Å²) in [4.78, 5) is 16.3. The lowest BCUT2D eigenvalue weighted by Gasteiger charge is -2.03. The largest absolute Gasteiger partial charge is 0.274 e. The molecule has 3 aromatic heterocycles. The molecule has 0 aromatic carbocycles. The van der Waals surface area contributed by atoms with Gasteiger partial charge in [0.2, 0.25) is 11.2 Å². The third-order valence-electron chi connectivity index (χ3n) is 2.28. The van der Waals surface area contributed by atoms with Crippen LogP contribution in [0.25, 0.3) is 17.5 Å². The Hall–Kier alpha value is -2.35. The molecule has 0 spiro atoms. The van der Waals surface area contributed by atoms with Crippen LogP contribution >= 0.6 is 11.6 Å². The van der Waals surface area contributed by atoms with Crippen LogP contribution in [-0.4, -0.2) is 39.5 Å². The van der Waals surface area contributed by atoms with E-state index in [0.717, 1.165) is 0 Å². The lowest BCUT2D eigenvalue weighted by molar-refractivity contribution is 0.716. The summed E-state index contributed by atoms with van der Waals surface area (Å²) in [5.41, 5.74) is 0.653. The Morgan fingerprint density at radius 2 is 2.11 bits per heavy atom. The SMILES string of the molecule is Cn1nncc1-c1nc(Cl)nc(-n2ccnc2)n1. The molecule has 9 heteroatoms. The lowest BCUT2D eigenvalue weighted by atomic mass is 10.4. The van der Waals surface area contributed by atoms with Gasteiger partial charge in [-0.05, 0) is 11.6 Å². The number of hydrogen-bond donors (Lipinski definition) is 0. The zero-order valence-electron chi connectivity index (χ0n) is 9.27. The van der Waals surface area contributed by atoms with Gasteiger partial charge in [0.05, 0.1) is 6.20 Å². The maximum absolute atomic E-state index is 5.89. The van der Waals surface area contributed by atoms with E-state index in [-0.39, 0.29) is 5.28 Å². The van der Waals surface area contributed by atoms with E-state index in [1.165, 1.54) is 0 Å². The maximum atomic E-state index is 5.89. The first-order valence-corrected chi connectivity index (χ1v) is 5.37. The third-order valence-corrected chi connectivity index (χ3v) is 2.44. The zero-order valence-corrected chi connectivity index (χ0v) is 10.0. The van der Waals surface area contributed by atoms with Gasteiger partial charge in [-0.15, -0.1) is 5.10 Å². The molecular formula is C9H7ClN8. The molecule has 0 amide bonds. The smallest absolute Gasteiger partial charge is 0.239 e. The van der Waals surface area contributed by atoms with Gasteiger partial charge < -0.3 is 0 Å².